The zero-order valence-electron chi connectivity index (χ0n) is 21.2. The van der Waals surface area contributed by atoms with Crippen LogP contribution in [0, 0.1) is 0 Å². The van der Waals surface area contributed by atoms with Gasteiger partial charge in [0.1, 0.15) is 0 Å². The molecule has 4 N–H and O–H groups in total. The smallest absolute Gasteiger partial charge is 0.251 e. The van der Waals surface area contributed by atoms with Crippen molar-refractivity contribution in [1.29, 1.82) is 0 Å². The van der Waals surface area contributed by atoms with Gasteiger partial charge in [-0.25, -0.2) is 0 Å². The van der Waals surface area contributed by atoms with Gasteiger partial charge in [-0.05, 0) is 54.7 Å². The predicted octanol–water partition coefficient (Wildman–Crippen LogP) is 2.82. The number of carbonyl (C=O) groups excluding carboxylic acids is 4. The van der Waals surface area contributed by atoms with Crippen LogP contribution in [-0.4, -0.2) is 51.8 Å². The minimum absolute atomic E-state index is 0.0866. The van der Waals surface area contributed by atoms with E-state index in [1.165, 1.54) is 0 Å². The minimum Gasteiger partial charge on any atom is -0.359 e. The van der Waals surface area contributed by atoms with Gasteiger partial charge in [-0.3, -0.25) is 19.2 Å². The Morgan fingerprint density at radius 2 is 0.857 bits per heavy atom. The quantitative estimate of drug-likeness (QED) is 0.369. The Balaban J connectivity index is 0.000000383. The predicted molar refractivity (Wildman–Crippen MR) is 138 cm³/mol. The largest absolute Gasteiger partial charge is 0.359 e. The number of carbonyl (C=O) groups is 4. The lowest BCUT2D eigenvalue weighted by Gasteiger charge is -2.05. The van der Waals surface area contributed by atoms with Crippen molar-refractivity contribution in [3.05, 3.63) is 70.8 Å². The van der Waals surface area contributed by atoms with Crippen molar-refractivity contribution in [2.75, 3.05) is 28.2 Å². The lowest BCUT2D eigenvalue weighted by atomic mass is 10.0. The second-order valence-corrected chi connectivity index (χ2v) is 7.99. The molecule has 0 aliphatic carbocycles. The molecule has 0 bridgehead atoms. The maximum absolute atomic E-state index is 11.5. The normalized spacial score (nSPS) is 9.83. The Labute approximate surface area is 208 Å². The zero-order valence-corrected chi connectivity index (χ0v) is 21.2. The topological polar surface area (TPSA) is 116 Å². The molecule has 0 saturated carbocycles. The molecule has 0 saturated heterocycles. The highest BCUT2D eigenvalue weighted by Crippen LogP contribution is 2.12. The number of benzene rings is 2. The zero-order chi connectivity index (χ0) is 26.1. The summed E-state index contributed by atoms with van der Waals surface area (Å²) in [6.07, 6.45) is 5.81. The molecule has 2 aromatic rings. The van der Waals surface area contributed by atoms with Gasteiger partial charge in [0, 0.05) is 52.2 Å². The Hall–Kier alpha value is -3.68. The van der Waals surface area contributed by atoms with Crippen LogP contribution in [0.3, 0.4) is 0 Å². The van der Waals surface area contributed by atoms with E-state index in [9.17, 15) is 19.2 Å². The van der Waals surface area contributed by atoms with E-state index in [-0.39, 0.29) is 23.6 Å². The number of hydrogen-bond acceptors (Lipinski definition) is 4. The standard InChI is InChI=1S/C17H18N2O2.C10H20N2O2/c1-18-16(20)14-7-3-12(4-8-14)11-13-5-9-15(10-6-13)17(21)19-2;1-11-9(13)7-5-3-4-6-8-10(14)12-2/h3-10H,11H2,1-2H3,(H,18,20)(H,19,21);3-8H2,1-2H3,(H,11,13)(H,12,14). The van der Waals surface area contributed by atoms with Gasteiger partial charge in [0.15, 0.2) is 0 Å². The number of amides is 4. The van der Waals surface area contributed by atoms with E-state index in [1.807, 2.05) is 48.5 Å². The molecule has 4 amide bonds. The molecule has 0 aliphatic heterocycles. The lowest BCUT2D eigenvalue weighted by molar-refractivity contribution is -0.121. The van der Waals surface area contributed by atoms with E-state index in [0.29, 0.717) is 24.0 Å². The Morgan fingerprint density at radius 1 is 0.514 bits per heavy atom. The van der Waals surface area contributed by atoms with Gasteiger partial charge >= 0.3 is 0 Å². The summed E-state index contributed by atoms with van der Waals surface area (Å²) in [5.41, 5.74) is 3.54. The van der Waals surface area contributed by atoms with E-state index < -0.39 is 0 Å². The van der Waals surface area contributed by atoms with E-state index >= 15 is 0 Å². The van der Waals surface area contributed by atoms with Crippen LogP contribution in [0.1, 0.15) is 70.4 Å². The first-order valence-electron chi connectivity index (χ1n) is 11.9. The fourth-order valence-corrected chi connectivity index (χ4v) is 3.25. The van der Waals surface area contributed by atoms with Crippen molar-refractivity contribution in [3.63, 3.8) is 0 Å². The molecular weight excluding hydrogens is 444 g/mol. The summed E-state index contributed by atoms with van der Waals surface area (Å²) in [7, 11) is 6.52. The van der Waals surface area contributed by atoms with Crippen LogP contribution >= 0.6 is 0 Å². The first-order chi connectivity index (χ1) is 16.8. The van der Waals surface area contributed by atoms with E-state index in [0.717, 1.165) is 43.2 Å². The second-order valence-electron chi connectivity index (χ2n) is 7.99. The van der Waals surface area contributed by atoms with Crippen LogP contribution in [-0.2, 0) is 16.0 Å². The van der Waals surface area contributed by atoms with E-state index in [4.69, 9.17) is 0 Å². The summed E-state index contributed by atoms with van der Waals surface area (Å²) < 4.78 is 0. The van der Waals surface area contributed by atoms with Crippen LogP contribution in [0.2, 0.25) is 0 Å². The molecule has 2 aromatic carbocycles. The average Bonchev–Trinajstić information content (AvgIpc) is 2.90. The highest BCUT2D eigenvalue weighted by Gasteiger charge is 2.05. The molecule has 0 aromatic heterocycles. The van der Waals surface area contributed by atoms with Crippen molar-refractivity contribution < 1.29 is 19.2 Å². The third kappa shape index (κ3) is 11.8. The van der Waals surface area contributed by atoms with Crippen LogP contribution in [0.5, 0.6) is 0 Å². The third-order valence-electron chi connectivity index (χ3n) is 5.41. The monoisotopic (exact) mass is 482 g/mol. The van der Waals surface area contributed by atoms with Crippen molar-refractivity contribution in [2.45, 2.75) is 44.9 Å². The van der Waals surface area contributed by atoms with Crippen LogP contribution in [0.25, 0.3) is 0 Å². The SMILES string of the molecule is CNC(=O)CCCCCCC(=O)NC.CNC(=O)c1ccc(Cc2ccc(C(=O)NC)cc2)cc1. The summed E-state index contributed by atoms with van der Waals surface area (Å²) in [5.74, 6) is 0.0144. The highest BCUT2D eigenvalue weighted by molar-refractivity contribution is 5.94. The second kappa shape index (κ2) is 16.9. The summed E-state index contributed by atoms with van der Waals surface area (Å²) in [4.78, 5) is 44.6. The molecule has 0 atom stereocenters. The number of unbranched alkanes of at least 4 members (excludes halogenated alkanes) is 3. The maximum Gasteiger partial charge on any atom is 0.251 e. The molecule has 0 fully saturated rings. The Bertz CT molecular complexity index is 863. The van der Waals surface area contributed by atoms with Crippen LogP contribution in [0.4, 0.5) is 0 Å². The van der Waals surface area contributed by atoms with Crippen LogP contribution < -0.4 is 21.3 Å². The van der Waals surface area contributed by atoms with Gasteiger partial charge in [0.2, 0.25) is 11.8 Å². The van der Waals surface area contributed by atoms with Gasteiger partial charge in [-0.1, -0.05) is 37.1 Å². The average molecular weight is 483 g/mol. The van der Waals surface area contributed by atoms with Crippen molar-refractivity contribution >= 4 is 23.6 Å². The maximum atomic E-state index is 11.5. The molecule has 2 rings (SSSR count). The van der Waals surface area contributed by atoms with Crippen LogP contribution in [0.15, 0.2) is 48.5 Å². The van der Waals surface area contributed by atoms with Gasteiger partial charge in [0.25, 0.3) is 11.8 Å². The van der Waals surface area contributed by atoms with Crippen molar-refractivity contribution in [1.82, 2.24) is 21.3 Å². The molecule has 0 aliphatic rings. The molecule has 0 radical (unpaired) electrons. The number of rotatable bonds is 11. The summed E-state index contributed by atoms with van der Waals surface area (Å²) >= 11 is 0. The molecule has 8 nitrogen and oxygen atoms in total. The first kappa shape index (κ1) is 29.4. The molecule has 190 valence electrons. The molecule has 35 heavy (non-hydrogen) atoms. The fraction of sp³-hybridized carbons (Fsp3) is 0.407. The lowest BCUT2D eigenvalue weighted by Crippen LogP contribution is -2.17. The number of nitrogens with one attached hydrogen (secondary N) is 4. The summed E-state index contributed by atoms with van der Waals surface area (Å²) in [6.45, 7) is 0. The summed E-state index contributed by atoms with van der Waals surface area (Å²) in [6, 6.07) is 15.0. The van der Waals surface area contributed by atoms with Crippen molar-refractivity contribution in [2.24, 2.45) is 0 Å². The van der Waals surface area contributed by atoms with Crippen molar-refractivity contribution in [3.8, 4) is 0 Å². The molecule has 0 spiro atoms. The molecule has 8 heteroatoms. The van der Waals surface area contributed by atoms with Gasteiger partial charge in [-0.2, -0.15) is 0 Å². The van der Waals surface area contributed by atoms with E-state index in [2.05, 4.69) is 21.3 Å². The fourth-order valence-electron chi connectivity index (χ4n) is 3.25. The Kier molecular flexibility index (Phi) is 14.1. The van der Waals surface area contributed by atoms with Gasteiger partial charge < -0.3 is 21.3 Å². The Morgan fingerprint density at radius 3 is 1.14 bits per heavy atom. The van der Waals surface area contributed by atoms with Gasteiger partial charge in [0.05, 0.1) is 0 Å². The van der Waals surface area contributed by atoms with E-state index in [1.54, 1.807) is 28.2 Å². The molecular formula is C27H38N4O4. The van der Waals surface area contributed by atoms with Gasteiger partial charge in [-0.15, -0.1) is 0 Å². The third-order valence-corrected chi connectivity index (χ3v) is 5.41. The molecule has 0 unspecified atom stereocenters. The summed E-state index contributed by atoms with van der Waals surface area (Å²) in [5, 5.41) is 10.4. The first-order valence-corrected chi connectivity index (χ1v) is 11.9. The number of hydrogen-bond donors (Lipinski definition) is 4. The molecule has 0 heterocycles. The minimum atomic E-state index is -0.0866. The highest BCUT2D eigenvalue weighted by atomic mass is 16.2.